The van der Waals surface area contributed by atoms with Gasteiger partial charge in [0.15, 0.2) is 19.8 Å². The Morgan fingerprint density at radius 1 is 1.14 bits per heavy atom. The van der Waals surface area contributed by atoms with Gasteiger partial charge in [-0.2, -0.15) is 0 Å². The van der Waals surface area contributed by atoms with E-state index in [9.17, 15) is 0 Å². The van der Waals surface area contributed by atoms with Gasteiger partial charge in [-0.15, -0.1) is 11.6 Å². The molecule has 1 aromatic rings. The van der Waals surface area contributed by atoms with E-state index >= 15 is 0 Å². The molecule has 1 atom stereocenters. The van der Waals surface area contributed by atoms with Gasteiger partial charge >= 0.3 is 0 Å². The molecule has 0 heterocycles. The molecule has 1 aromatic carbocycles. The number of benzene rings is 1. The van der Waals surface area contributed by atoms with E-state index in [-0.39, 0.29) is 6.10 Å². The Balaban J connectivity index is 2.51. The zero-order valence-electron chi connectivity index (χ0n) is 13.5. The van der Waals surface area contributed by atoms with Gasteiger partial charge in [0, 0.05) is 19.0 Å². The van der Waals surface area contributed by atoms with Crippen LogP contribution in [0.2, 0.25) is 19.6 Å². The minimum absolute atomic E-state index is 0.0541. The molecule has 0 aromatic heterocycles. The van der Waals surface area contributed by atoms with E-state index in [1.54, 1.807) is 14.2 Å². The van der Waals surface area contributed by atoms with Crippen molar-refractivity contribution in [3.05, 3.63) is 23.8 Å². The molecule has 0 bridgehead atoms. The predicted molar refractivity (Wildman–Crippen MR) is 90.2 cm³/mol. The molecule has 0 radical (unpaired) electrons. The maximum atomic E-state index is 6.01. The van der Waals surface area contributed by atoms with Gasteiger partial charge in [-0.3, -0.25) is 0 Å². The zero-order chi connectivity index (χ0) is 15.9. The molecule has 6 heteroatoms. The van der Waals surface area contributed by atoms with Crippen LogP contribution in [0, 0.1) is 0 Å². The van der Waals surface area contributed by atoms with Crippen molar-refractivity contribution in [3.8, 4) is 11.5 Å². The van der Waals surface area contributed by atoms with Crippen molar-refractivity contribution < 1.29 is 13.9 Å². The van der Waals surface area contributed by atoms with E-state index in [2.05, 4.69) is 25.0 Å². The molecule has 0 saturated carbocycles. The van der Waals surface area contributed by atoms with Crippen LogP contribution in [0.3, 0.4) is 0 Å². The molecule has 1 rings (SSSR count). The third-order valence-corrected chi connectivity index (χ3v) is 4.23. The van der Waals surface area contributed by atoms with Gasteiger partial charge in [0.05, 0.1) is 20.3 Å². The summed E-state index contributed by atoms with van der Waals surface area (Å²) in [6.45, 7) is 7.98. The third-order valence-electron chi connectivity index (χ3n) is 2.84. The molecule has 0 spiro atoms. The molecule has 21 heavy (non-hydrogen) atoms. The van der Waals surface area contributed by atoms with Crippen molar-refractivity contribution in [2.45, 2.75) is 32.3 Å². The molecule has 1 unspecified atom stereocenters. The summed E-state index contributed by atoms with van der Waals surface area (Å²) in [5.74, 6) is 1.98. The Kier molecular flexibility index (Phi) is 7.52. The summed E-state index contributed by atoms with van der Waals surface area (Å²) >= 11 is 5.96. The van der Waals surface area contributed by atoms with Crippen LogP contribution in [0.25, 0.3) is 0 Å². The Morgan fingerprint density at radius 2 is 1.81 bits per heavy atom. The number of hydrogen-bond acceptors (Lipinski definition) is 4. The van der Waals surface area contributed by atoms with E-state index in [1.165, 1.54) is 0 Å². The lowest BCUT2D eigenvalue weighted by Gasteiger charge is -2.25. The number of alkyl halides is 1. The molecule has 0 saturated heterocycles. The lowest BCUT2D eigenvalue weighted by atomic mass is 10.2. The molecule has 0 aliphatic carbocycles. The van der Waals surface area contributed by atoms with Gasteiger partial charge in [0.1, 0.15) is 0 Å². The molecular weight excluding hydrogens is 306 g/mol. The largest absolute Gasteiger partial charge is 0.493 e. The van der Waals surface area contributed by atoms with Gasteiger partial charge < -0.3 is 19.2 Å². The van der Waals surface area contributed by atoms with Gasteiger partial charge in [-0.1, -0.05) is 6.07 Å². The van der Waals surface area contributed by atoms with Gasteiger partial charge in [-0.25, -0.2) is 0 Å². The highest BCUT2D eigenvalue weighted by Gasteiger charge is 2.20. The Morgan fingerprint density at radius 3 is 2.33 bits per heavy atom. The third kappa shape index (κ3) is 6.69. The quantitative estimate of drug-likeness (QED) is 0.557. The van der Waals surface area contributed by atoms with E-state index in [0.29, 0.717) is 5.88 Å². The van der Waals surface area contributed by atoms with Crippen LogP contribution < -0.4 is 14.8 Å². The molecule has 0 amide bonds. The molecule has 1 N–H and O–H groups in total. The summed E-state index contributed by atoms with van der Waals surface area (Å²) in [5, 5.41) is 3.38. The molecule has 120 valence electrons. The van der Waals surface area contributed by atoms with Crippen LogP contribution in [-0.2, 0) is 11.0 Å². The highest BCUT2D eigenvalue weighted by Crippen LogP contribution is 2.27. The SMILES string of the molecule is COc1ccc(CNCC(CCl)O[Si](C)(C)C)cc1OC. The van der Waals surface area contributed by atoms with E-state index in [0.717, 1.165) is 30.2 Å². The number of methoxy groups -OCH3 is 2. The fourth-order valence-corrected chi connectivity index (χ4v) is 3.44. The van der Waals surface area contributed by atoms with Crippen molar-refractivity contribution in [1.82, 2.24) is 5.32 Å². The summed E-state index contributed by atoms with van der Waals surface area (Å²) in [6.07, 6.45) is 0.0541. The van der Waals surface area contributed by atoms with Crippen molar-refractivity contribution in [3.63, 3.8) is 0 Å². The molecule has 0 aliphatic heterocycles. The van der Waals surface area contributed by atoms with E-state index in [1.807, 2.05) is 18.2 Å². The summed E-state index contributed by atoms with van der Waals surface area (Å²) < 4.78 is 16.5. The number of nitrogens with one attached hydrogen (secondary N) is 1. The Labute approximate surface area is 133 Å². The van der Waals surface area contributed by atoms with Crippen LogP contribution in [0.4, 0.5) is 0 Å². The monoisotopic (exact) mass is 331 g/mol. The topological polar surface area (TPSA) is 39.7 Å². The summed E-state index contributed by atoms with van der Waals surface area (Å²) in [5.41, 5.74) is 1.13. The Hall–Kier alpha value is -0.753. The minimum Gasteiger partial charge on any atom is -0.493 e. The first-order valence-electron chi connectivity index (χ1n) is 7.05. The first-order chi connectivity index (χ1) is 9.89. The molecular formula is C15H26ClNO3Si. The van der Waals surface area contributed by atoms with Crippen molar-refractivity contribution >= 4 is 19.9 Å². The fourth-order valence-electron chi connectivity index (χ4n) is 2.00. The van der Waals surface area contributed by atoms with Crippen molar-refractivity contribution in [1.29, 1.82) is 0 Å². The van der Waals surface area contributed by atoms with Crippen molar-refractivity contribution in [2.24, 2.45) is 0 Å². The second kappa shape index (κ2) is 8.63. The van der Waals surface area contributed by atoms with Crippen LogP contribution in [0.1, 0.15) is 5.56 Å². The molecule has 4 nitrogen and oxygen atoms in total. The maximum Gasteiger partial charge on any atom is 0.184 e. The highest BCUT2D eigenvalue weighted by atomic mass is 35.5. The van der Waals surface area contributed by atoms with Crippen LogP contribution >= 0.6 is 11.6 Å². The summed E-state index contributed by atoms with van der Waals surface area (Å²) in [6, 6.07) is 5.90. The minimum atomic E-state index is -1.56. The lowest BCUT2D eigenvalue weighted by molar-refractivity contribution is 0.212. The number of rotatable bonds is 9. The highest BCUT2D eigenvalue weighted by molar-refractivity contribution is 6.69. The fraction of sp³-hybridized carbons (Fsp3) is 0.600. The standard InChI is InChI=1S/C15H26ClNO3Si/c1-18-14-7-6-12(8-15(14)19-2)10-17-11-13(9-16)20-21(3,4)5/h6-8,13,17H,9-11H2,1-5H3. The average Bonchev–Trinajstić information content (AvgIpc) is 2.44. The summed E-state index contributed by atoms with van der Waals surface area (Å²) in [7, 11) is 1.71. The first kappa shape index (κ1) is 18.3. The Bertz CT molecular complexity index is 437. The van der Waals surface area contributed by atoms with Crippen LogP contribution in [0.15, 0.2) is 18.2 Å². The normalized spacial score (nSPS) is 13.0. The average molecular weight is 332 g/mol. The molecule has 0 aliphatic rings. The second-order valence-electron chi connectivity index (χ2n) is 5.83. The van der Waals surface area contributed by atoms with E-state index < -0.39 is 8.32 Å². The van der Waals surface area contributed by atoms with Crippen LogP contribution in [0.5, 0.6) is 11.5 Å². The summed E-state index contributed by atoms with van der Waals surface area (Å²) in [4.78, 5) is 0. The maximum absolute atomic E-state index is 6.01. The first-order valence-corrected chi connectivity index (χ1v) is 11.0. The van der Waals surface area contributed by atoms with Gasteiger partial charge in [-0.05, 0) is 37.3 Å². The zero-order valence-corrected chi connectivity index (χ0v) is 15.3. The lowest BCUT2D eigenvalue weighted by Crippen LogP contribution is -2.39. The van der Waals surface area contributed by atoms with E-state index in [4.69, 9.17) is 25.5 Å². The smallest absolute Gasteiger partial charge is 0.184 e. The number of hydrogen-bond donors (Lipinski definition) is 1. The van der Waals surface area contributed by atoms with Gasteiger partial charge in [0.2, 0.25) is 0 Å². The number of ether oxygens (including phenoxy) is 2. The van der Waals surface area contributed by atoms with Crippen molar-refractivity contribution in [2.75, 3.05) is 26.6 Å². The second-order valence-corrected chi connectivity index (χ2v) is 10.6. The number of halogens is 1. The van der Waals surface area contributed by atoms with Gasteiger partial charge in [0.25, 0.3) is 0 Å². The predicted octanol–water partition coefficient (Wildman–Crippen LogP) is 3.25. The molecule has 0 fully saturated rings. The van der Waals surface area contributed by atoms with Crippen LogP contribution in [-0.4, -0.2) is 41.1 Å².